The second-order valence-corrected chi connectivity index (χ2v) is 6.38. The van der Waals surface area contributed by atoms with Crippen LogP contribution in [0.4, 0.5) is 24.8 Å². The standard InChI is InChI=1S/C17H12F3N3OS/c18-17(19,20)14-11-21-16(22-12-7-3-1-4-8-12)23-15(14)25(24)13-9-5-2-6-10-13/h1-11H,(H,21,22,23). The van der Waals surface area contributed by atoms with E-state index in [2.05, 4.69) is 15.3 Å². The molecule has 4 nitrogen and oxygen atoms in total. The first-order chi connectivity index (χ1) is 11.9. The van der Waals surface area contributed by atoms with Gasteiger partial charge in [0.15, 0.2) is 0 Å². The molecule has 0 aliphatic heterocycles. The molecular weight excluding hydrogens is 351 g/mol. The van der Waals surface area contributed by atoms with Crippen LogP contribution in [0.3, 0.4) is 0 Å². The Hall–Kier alpha value is -2.74. The smallest absolute Gasteiger partial charge is 0.324 e. The topological polar surface area (TPSA) is 54.9 Å². The summed E-state index contributed by atoms with van der Waals surface area (Å²) in [7, 11) is -2.08. The van der Waals surface area contributed by atoms with E-state index in [1.165, 1.54) is 12.1 Å². The molecule has 3 aromatic rings. The van der Waals surface area contributed by atoms with Crippen molar-refractivity contribution in [2.75, 3.05) is 5.32 Å². The Morgan fingerprint density at radius 3 is 2.12 bits per heavy atom. The van der Waals surface area contributed by atoms with Gasteiger partial charge < -0.3 is 5.32 Å². The molecule has 0 amide bonds. The highest BCUT2D eigenvalue weighted by Gasteiger charge is 2.37. The van der Waals surface area contributed by atoms with Gasteiger partial charge in [-0.25, -0.2) is 14.2 Å². The first-order valence-corrected chi connectivity index (χ1v) is 8.33. The van der Waals surface area contributed by atoms with Gasteiger partial charge >= 0.3 is 6.18 Å². The molecule has 25 heavy (non-hydrogen) atoms. The summed E-state index contributed by atoms with van der Waals surface area (Å²) in [5.74, 6) is -0.0570. The first kappa shape index (κ1) is 17.1. The molecule has 0 saturated heterocycles. The van der Waals surface area contributed by atoms with Crippen LogP contribution in [0.15, 0.2) is 76.8 Å². The zero-order chi connectivity index (χ0) is 17.9. The van der Waals surface area contributed by atoms with Crippen molar-refractivity contribution in [1.29, 1.82) is 0 Å². The molecule has 0 saturated carbocycles. The van der Waals surface area contributed by atoms with Gasteiger partial charge in [0.1, 0.15) is 21.4 Å². The van der Waals surface area contributed by atoms with Gasteiger partial charge in [-0.1, -0.05) is 36.4 Å². The number of hydrogen-bond acceptors (Lipinski definition) is 4. The Balaban J connectivity index is 2.04. The molecule has 1 atom stereocenters. The van der Waals surface area contributed by atoms with Gasteiger partial charge in [0.05, 0.1) is 0 Å². The highest BCUT2D eigenvalue weighted by Crippen LogP contribution is 2.34. The maximum Gasteiger partial charge on any atom is 0.420 e. The van der Waals surface area contributed by atoms with Gasteiger partial charge in [-0.15, -0.1) is 0 Å². The third-order valence-corrected chi connectivity index (χ3v) is 4.58. The summed E-state index contributed by atoms with van der Waals surface area (Å²) in [6, 6.07) is 16.6. The zero-order valence-corrected chi connectivity index (χ0v) is 13.5. The molecule has 3 rings (SSSR count). The van der Waals surface area contributed by atoms with Crippen molar-refractivity contribution in [3.63, 3.8) is 0 Å². The third-order valence-electron chi connectivity index (χ3n) is 3.22. The summed E-state index contributed by atoms with van der Waals surface area (Å²) < 4.78 is 52.4. The predicted molar refractivity (Wildman–Crippen MR) is 87.9 cm³/mol. The van der Waals surface area contributed by atoms with Crippen LogP contribution in [0.25, 0.3) is 0 Å². The average molecular weight is 363 g/mol. The lowest BCUT2D eigenvalue weighted by Gasteiger charge is -2.13. The number of halogens is 3. The third kappa shape index (κ3) is 4.03. The summed E-state index contributed by atoms with van der Waals surface area (Å²) in [5.41, 5.74) is -0.507. The van der Waals surface area contributed by atoms with Crippen molar-refractivity contribution in [3.8, 4) is 0 Å². The van der Waals surface area contributed by atoms with Crippen LogP contribution in [0.1, 0.15) is 5.56 Å². The first-order valence-electron chi connectivity index (χ1n) is 7.18. The molecule has 0 fully saturated rings. The Morgan fingerprint density at radius 2 is 1.52 bits per heavy atom. The largest absolute Gasteiger partial charge is 0.420 e. The summed E-state index contributed by atoms with van der Waals surface area (Å²) in [4.78, 5) is 7.80. The summed E-state index contributed by atoms with van der Waals surface area (Å²) in [5, 5.41) is 2.23. The molecule has 8 heteroatoms. The lowest BCUT2D eigenvalue weighted by atomic mass is 10.3. The van der Waals surface area contributed by atoms with Gasteiger partial charge in [-0.05, 0) is 24.3 Å². The highest BCUT2D eigenvalue weighted by atomic mass is 32.2. The number of hydrogen-bond donors (Lipinski definition) is 1. The number of nitrogens with one attached hydrogen (secondary N) is 1. The molecule has 128 valence electrons. The highest BCUT2D eigenvalue weighted by molar-refractivity contribution is 7.85. The second-order valence-electron chi connectivity index (χ2n) is 4.98. The molecule has 1 N–H and O–H groups in total. The van der Waals surface area contributed by atoms with Crippen molar-refractivity contribution in [2.24, 2.45) is 0 Å². The van der Waals surface area contributed by atoms with Crippen molar-refractivity contribution in [2.45, 2.75) is 16.1 Å². The van der Waals surface area contributed by atoms with Crippen LogP contribution in [-0.2, 0) is 17.0 Å². The van der Waals surface area contributed by atoms with Crippen molar-refractivity contribution in [1.82, 2.24) is 9.97 Å². The normalized spacial score (nSPS) is 12.6. The minimum atomic E-state index is -4.70. The zero-order valence-electron chi connectivity index (χ0n) is 12.7. The fraction of sp³-hybridized carbons (Fsp3) is 0.0588. The van der Waals surface area contributed by atoms with Crippen molar-refractivity contribution in [3.05, 3.63) is 72.4 Å². The number of rotatable bonds is 4. The van der Waals surface area contributed by atoms with E-state index in [9.17, 15) is 17.4 Å². The summed E-state index contributed by atoms with van der Waals surface area (Å²) >= 11 is 0. The molecule has 0 spiro atoms. The van der Waals surface area contributed by atoms with Gasteiger partial charge in [-0.2, -0.15) is 13.2 Å². The van der Waals surface area contributed by atoms with E-state index in [0.29, 0.717) is 11.9 Å². The van der Waals surface area contributed by atoms with E-state index in [-0.39, 0.29) is 10.8 Å². The van der Waals surface area contributed by atoms with E-state index >= 15 is 0 Å². The molecule has 0 bridgehead atoms. The number of benzene rings is 2. The Morgan fingerprint density at radius 1 is 0.920 bits per heavy atom. The number of anilines is 2. The van der Waals surface area contributed by atoms with Gasteiger partial charge in [-0.3, -0.25) is 0 Å². The molecule has 1 unspecified atom stereocenters. The number of alkyl halides is 3. The fourth-order valence-corrected chi connectivity index (χ4v) is 3.23. The van der Waals surface area contributed by atoms with E-state index in [1.807, 2.05) is 0 Å². The SMILES string of the molecule is O=S(c1ccccc1)c1nc(Nc2ccccc2)ncc1C(F)(F)F. The molecular formula is C17H12F3N3OS. The van der Waals surface area contributed by atoms with E-state index in [4.69, 9.17) is 0 Å². The maximum atomic E-state index is 13.2. The maximum absolute atomic E-state index is 13.2. The molecule has 2 aromatic carbocycles. The molecule has 1 heterocycles. The van der Waals surface area contributed by atoms with Gasteiger partial charge in [0, 0.05) is 16.8 Å². The molecule has 0 radical (unpaired) electrons. The van der Waals surface area contributed by atoms with Crippen LogP contribution in [0.5, 0.6) is 0 Å². The van der Waals surface area contributed by atoms with Gasteiger partial charge in [0.2, 0.25) is 5.95 Å². The Labute approximate surface area is 144 Å². The van der Waals surface area contributed by atoms with Crippen LogP contribution in [0, 0.1) is 0 Å². The molecule has 0 aliphatic rings. The quantitative estimate of drug-likeness (QED) is 0.698. The molecule has 1 aromatic heterocycles. The number of nitrogens with zero attached hydrogens (tertiary/aromatic N) is 2. The lowest BCUT2D eigenvalue weighted by Crippen LogP contribution is -2.14. The summed E-state index contributed by atoms with van der Waals surface area (Å²) in [6.07, 6.45) is -4.06. The van der Waals surface area contributed by atoms with E-state index in [0.717, 1.165) is 0 Å². The average Bonchev–Trinajstić information content (AvgIpc) is 2.62. The number of para-hydroxylation sites is 1. The Kier molecular flexibility index (Phi) is 4.80. The Bertz CT molecular complexity index is 887. The van der Waals surface area contributed by atoms with Crippen molar-refractivity contribution >= 4 is 22.4 Å². The van der Waals surface area contributed by atoms with Crippen LogP contribution in [-0.4, -0.2) is 14.2 Å². The number of aromatic nitrogens is 2. The fourth-order valence-electron chi connectivity index (χ4n) is 2.07. The van der Waals surface area contributed by atoms with Crippen LogP contribution >= 0.6 is 0 Å². The monoisotopic (exact) mass is 363 g/mol. The lowest BCUT2D eigenvalue weighted by molar-refractivity contribution is -0.140. The summed E-state index contributed by atoms with van der Waals surface area (Å²) in [6.45, 7) is 0. The van der Waals surface area contributed by atoms with Gasteiger partial charge in [0.25, 0.3) is 0 Å². The minimum absolute atomic E-state index is 0.0570. The van der Waals surface area contributed by atoms with E-state index < -0.39 is 27.6 Å². The minimum Gasteiger partial charge on any atom is -0.324 e. The van der Waals surface area contributed by atoms with Crippen LogP contribution in [0.2, 0.25) is 0 Å². The van der Waals surface area contributed by atoms with Crippen LogP contribution < -0.4 is 5.32 Å². The van der Waals surface area contributed by atoms with Crippen molar-refractivity contribution < 1.29 is 17.4 Å². The molecule has 0 aliphatic carbocycles. The van der Waals surface area contributed by atoms with E-state index in [1.54, 1.807) is 48.5 Å². The second kappa shape index (κ2) is 7.02. The predicted octanol–water partition coefficient (Wildman–Crippen LogP) is 4.41.